The van der Waals surface area contributed by atoms with Gasteiger partial charge in [-0.2, -0.15) is 0 Å². The molecule has 3 heteroatoms. The summed E-state index contributed by atoms with van der Waals surface area (Å²) in [6, 6.07) is 16.4. The van der Waals surface area contributed by atoms with Gasteiger partial charge in [-0.25, -0.2) is 0 Å². The lowest BCUT2D eigenvalue weighted by Gasteiger charge is -2.08. The Labute approximate surface area is 136 Å². The zero-order valence-electron chi connectivity index (χ0n) is 12.8. The van der Waals surface area contributed by atoms with Gasteiger partial charge in [-0.3, -0.25) is 0 Å². The second kappa shape index (κ2) is 6.89. The van der Waals surface area contributed by atoms with Gasteiger partial charge in [0.25, 0.3) is 0 Å². The summed E-state index contributed by atoms with van der Waals surface area (Å²) in [6.07, 6.45) is 4.27. The van der Waals surface area contributed by atoms with Crippen LogP contribution in [0.5, 0.6) is 5.75 Å². The van der Waals surface area contributed by atoms with E-state index in [9.17, 15) is 0 Å². The number of hydrogen-bond donors (Lipinski definition) is 0. The van der Waals surface area contributed by atoms with Crippen LogP contribution in [-0.4, -0.2) is 11.2 Å². The standard InChI is InChI=1S/C19H20ClNO/c1-15-4-7-18(8-5-15)22-13-3-2-11-21-12-10-16-14-17(20)6-9-19(16)21/h4-10,12,14H,2-3,11,13H2,1H3. The Balaban J connectivity index is 1.47. The van der Waals surface area contributed by atoms with Crippen LogP contribution < -0.4 is 4.74 Å². The molecule has 0 saturated carbocycles. The molecule has 0 spiro atoms. The second-order valence-electron chi connectivity index (χ2n) is 5.58. The van der Waals surface area contributed by atoms with Crippen LogP contribution in [0.2, 0.25) is 5.02 Å². The molecule has 0 N–H and O–H groups in total. The lowest BCUT2D eigenvalue weighted by atomic mass is 10.2. The van der Waals surface area contributed by atoms with Crippen molar-refractivity contribution in [1.82, 2.24) is 4.57 Å². The zero-order valence-corrected chi connectivity index (χ0v) is 13.5. The van der Waals surface area contributed by atoms with Crippen molar-refractivity contribution in [1.29, 1.82) is 0 Å². The van der Waals surface area contributed by atoms with E-state index in [1.807, 2.05) is 24.3 Å². The van der Waals surface area contributed by atoms with E-state index in [0.29, 0.717) is 0 Å². The molecule has 0 aliphatic heterocycles. The van der Waals surface area contributed by atoms with E-state index in [1.54, 1.807) is 0 Å². The fraction of sp³-hybridized carbons (Fsp3) is 0.263. The molecule has 0 aliphatic carbocycles. The molecule has 0 atom stereocenters. The van der Waals surface area contributed by atoms with E-state index in [2.05, 4.69) is 42.0 Å². The first kappa shape index (κ1) is 15.0. The molecule has 1 heterocycles. The third kappa shape index (κ3) is 3.63. The van der Waals surface area contributed by atoms with Gasteiger partial charge in [-0.15, -0.1) is 0 Å². The van der Waals surface area contributed by atoms with Crippen LogP contribution in [-0.2, 0) is 6.54 Å². The van der Waals surface area contributed by atoms with Crippen molar-refractivity contribution in [2.75, 3.05) is 6.61 Å². The molecule has 0 fully saturated rings. The minimum atomic E-state index is 0.758. The van der Waals surface area contributed by atoms with Crippen molar-refractivity contribution in [3.8, 4) is 5.75 Å². The van der Waals surface area contributed by atoms with E-state index in [4.69, 9.17) is 16.3 Å². The van der Waals surface area contributed by atoms with Gasteiger partial charge in [0, 0.05) is 28.7 Å². The third-order valence-electron chi connectivity index (χ3n) is 3.82. The van der Waals surface area contributed by atoms with Gasteiger partial charge < -0.3 is 9.30 Å². The fourth-order valence-corrected chi connectivity index (χ4v) is 2.76. The molecular weight excluding hydrogens is 294 g/mol. The number of unbranched alkanes of at least 4 members (excludes halogenated alkanes) is 1. The molecule has 3 rings (SSSR count). The molecular formula is C19H20ClNO. The van der Waals surface area contributed by atoms with Crippen molar-refractivity contribution in [2.45, 2.75) is 26.3 Å². The number of aromatic nitrogens is 1. The summed E-state index contributed by atoms with van der Waals surface area (Å²) in [6.45, 7) is 3.84. The number of ether oxygens (including phenoxy) is 1. The predicted molar refractivity (Wildman–Crippen MR) is 92.9 cm³/mol. The lowest BCUT2D eigenvalue weighted by Crippen LogP contribution is -2.01. The van der Waals surface area contributed by atoms with E-state index >= 15 is 0 Å². The SMILES string of the molecule is Cc1ccc(OCCCCn2ccc3cc(Cl)ccc32)cc1. The van der Waals surface area contributed by atoms with Gasteiger partial charge in [0.05, 0.1) is 6.61 Å². The van der Waals surface area contributed by atoms with Crippen LogP contribution in [0, 0.1) is 6.92 Å². The maximum atomic E-state index is 6.02. The minimum absolute atomic E-state index is 0.758. The molecule has 2 nitrogen and oxygen atoms in total. The molecule has 114 valence electrons. The Kier molecular flexibility index (Phi) is 4.69. The summed E-state index contributed by atoms with van der Waals surface area (Å²) >= 11 is 6.02. The Morgan fingerprint density at radius 1 is 1.00 bits per heavy atom. The summed E-state index contributed by atoms with van der Waals surface area (Å²) in [4.78, 5) is 0. The molecule has 0 unspecified atom stereocenters. The number of fused-ring (bicyclic) bond motifs is 1. The van der Waals surface area contributed by atoms with Crippen LogP contribution >= 0.6 is 11.6 Å². The smallest absolute Gasteiger partial charge is 0.119 e. The molecule has 0 aliphatic rings. The Hall–Kier alpha value is -1.93. The van der Waals surface area contributed by atoms with Crippen LogP contribution in [0.4, 0.5) is 0 Å². The van der Waals surface area contributed by atoms with Gasteiger partial charge >= 0.3 is 0 Å². The maximum absolute atomic E-state index is 6.02. The monoisotopic (exact) mass is 313 g/mol. The number of hydrogen-bond acceptors (Lipinski definition) is 1. The molecule has 0 radical (unpaired) electrons. The summed E-state index contributed by atoms with van der Waals surface area (Å²) < 4.78 is 8.03. The van der Waals surface area contributed by atoms with Crippen LogP contribution in [0.1, 0.15) is 18.4 Å². The quantitative estimate of drug-likeness (QED) is 0.551. The van der Waals surface area contributed by atoms with E-state index in [-0.39, 0.29) is 0 Å². The van der Waals surface area contributed by atoms with Gasteiger partial charge in [-0.05, 0) is 56.2 Å². The van der Waals surface area contributed by atoms with Crippen molar-refractivity contribution in [3.05, 3.63) is 65.3 Å². The molecule has 22 heavy (non-hydrogen) atoms. The molecule has 0 bridgehead atoms. The van der Waals surface area contributed by atoms with Crippen molar-refractivity contribution >= 4 is 22.5 Å². The molecule has 2 aromatic carbocycles. The van der Waals surface area contributed by atoms with Gasteiger partial charge in [0.2, 0.25) is 0 Å². The first-order chi connectivity index (χ1) is 10.7. The minimum Gasteiger partial charge on any atom is -0.494 e. The van der Waals surface area contributed by atoms with Crippen molar-refractivity contribution in [2.24, 2.45) is 0 Å². The number of rotatable bonds is 6. The maximum Gasteiger partial charge on any atom is 0.119 e. The first-order valence-corrected chi connectivity index (χ1v) is 8.04. The fourth-order valence-electron chi connectivity index (χ4n) is 2.57. The summed E-state index contributed by atoms with van der Waals surface area (Å²) in [5.74, 6) is 0.951. The molecule has 0 saturated heterocycles. The Morgan fingerprint density at radius 3 is 2.64 bits per heavy atom. The highest BCUT2D eigenvalue weighted by atomic mass is 35.5. The number of aryl methyl sites for hydroxylation is 2. The van der Waals surface area contributed by atoms with Crippen LogP contribution in [0.15, 0.2) is 54.7 Å². The van der Waals surface area contributed by atoms with E-state index in [1.165, 1.54) is 16.5 Å². The first-order valence-electron chi connectivity index (χ1n) is 7.66. The van der Waals surface area contributed by atoms with Crippen molar-refractivity contribution < 1.29 is 4.74 Å². The van der Waals surface area contributed by atoms with Crippen LogP contribution in [0.25, 0.3) is 10.9 Å². The van der Waals surface area contributed by atoms with Gasteiger partial charge in [0.1, 0.15) is 5.75 Å². The molecule has 3 aromatic rings. The van der Waals surface area contributed by atoms with Gasteiger partial charge in [0.15, 0.2) is 0 Å². The highest BCUT2D eigenvalue weighted by molar-refractivity contribution is 6.31. The van der Waals surface area contributed by atoms with E-state index in [0.717, 1.165) is 36.8 Å². The number of nitrogens with zero attached hydrogens (tertiary/aromatic N) is 1. The average molecular weight is 314 g/mol. The topological polar surface area (TPSA) is 14.2 Å². The largest absolute Gasteiger partial charge is 0.494 e. The number of benzene rings is 2. The number of halogens is 1. The predicted octanol–water partition coefficient (Wildman–Crippen LogP) is 5.46. The third-order valence-corrected chi connectivity index (χ3v) is 4.05. The molecule has 1 aromatic heterocycles. The Morgan fingerprint density at radius 2 is 1.82 bits per heavy atom. The lowest BCUT2D eigenvalue weighted by molar-refractivity contribution is 0.303. The second-order valence-corrected chi connectivity index (χ2v) is 6.02. The highest BCUT2D eigenvalue weighted by Gasteiger charge is 2.01. The van der Waals surface area contributed by atoms with Crippen LogP contribution in [0.3, 0.4) is 0 Å². The highest BCUT2D eigenvalue weighted by Crippen LogP contribution is 2.21. The summed E-state index contributed by atoms with van der Waals surface area (Å²) in [5.41, 5.74) is 2.50. The summed E-state index contributed by atoms with van der Waals surface area (Å²) in [7, 11) is 0. The van der Waals surface area contributed by atoms with E-state index < -0.39 is 0 Å². The molecule has 0 amide bonds. The van der Waals surface area contributed by atoms with Gasteiger partial charge in [-0.1, -0.05) is 29.3 Å². The zero-order chi connectivity index (χ0) is 15.4. The average Bonchev–Trinajstić information content (AvgIpc) is 2.91. The van der Waals surface area contributed by atoms with Crippen molar-refractivity contribution in [3.63, 3.8) is 0 Å². The Bertz CT molecular complexity index is 746. The normalized spacial score (nSPS) is 11.0. The summed E-state index contributed by atoms with van der Waals surface area (Å²) in [5, 5.41) is 1.99.